The first-order valence-electron chi connectivity index (χ1n) is 12.5. The summed E-state index contributed by atoms with van der Waals surface area (Å²) in [5.74, 6) is -0.729. The minimum Gasteiger partial charge on any atom is -0.450 e. The lowest BCUT2D eigenvalue weighted by Crippen LogP contribution is -2.64. The van der Waals surface area contributed by atoms with Gasteiger partial charge in [0.25, 0.3) is 0 Å². The standard InChI is InChI=1S/C27H37ClO5/c1-5-6-7-23(32)33-27(22(31)15-28)16(2)12-20-19-9-8-17-13-18(29)10-11-25(17,3)24(19)21(30)14-26(20,27)4/h10-11,13,16,19-21,24,30H,5-9,12,14-15H2,1-4H3/t16?,19-,20-,21?,24+,25-,26-,27-/m0/s1. The number of fused-ring (bicyclic) bond motifs is 5. The number of ether oxygens (including phenoxy) is 1. The van der Waals surface area contributed by atoms with Crippen LogP contribution in [0, 0.1) is 34.5 Å². The highest BCUT2D eigenvalue weighted by Gasteiger charge is 2.72. The predicted octanol–water partition coefficient (Wildman–Crippen LogP) is 4.79. The molecule has 0 amide bonds. The van der Waals surface area contributed by atoms with E-state index in [2.05, 4.69) is 6.92 Å². The normalized spacial score (nSPS) is 43.9. The van der Waals surface area contributed by atoms with Crippen molar-refractivity contribution in [1.29, 1.82) is 0 Å². The summed E-state index contributed by atoms with van der Waals surface area (Å²) in [6.07, 6.45) is 9.31. The third-order valence-electron chi connectivity index (χ3n) is 9.58. The van der Waals surface area contributed by atoms with E-state index in [1.165, 1.54) is 0 Å². The molecule has 182 valence electrons. The van der Waals surface area contributed by atoms with Gasteiger partial charge in [0.1, 0.15) is 0 Å². The summed E-state index contributed by atoms with van der Waals surface area (Å²) in [6, 6.07) is 0. The van der Waals surface area contributed by atoms with Gasteiger partial charge in [0, 0.05) is 29.1 Å². The maximum atomic E-state index is 13.5. The number of Topliss-reactive ketones (excluding diaryl/α,β-unsaturated/α-hetero) is 1. The van der Waals surface area contributed by atoms with Gasteiger partial charge in [-0.1, -0.05) is 45.8 Å². The van der Waals surface area contributed by atoms with Gasteiger partial charge >= 0.3 is 5.97 Å². The third kappa shape index (κ3) is 3.48. The van der Waals surface area contributed by atoms with Crippen molar-refractivity contribution in [2.45, 2.75) is 84.3 Å². The average molecular weight is 477 g/mol. The highest BCUT2D eigenvalue weighted by atomic mass is 35.5. The Hall–Kier alpha value is -1.46. The molecule has 0 aromatic heterocycles. The predicted molar refractivity (Wildman–Crippen MR) is 127 cm³/mol. The van der Waals surface area contributed by atoms with Crippen LogP contribution in [0.2, 0.25) is 0 Å². The van der Waals surface area contributed by atoms with Crippen molar-refractivity contribution in [3.63, 3.8) is 0 Å². The average Bonchev–Trinajstić information content (AvgIpc) is 2.99. The van der Waals surface area contributed by atoms with E-state index < -0.39 is 17.1 Å². The lowest BCUT2D eigenvalue weighted by molar-refractivity contribution is -0.203. The number of allylic oxidation sites excluding steroid dienone is 4. The van der Waals surface area contributed by atoms with Gasteiger partial charge in [-0.15, -0.1) is 11.6 Å². The molecule has 1 N–H and O–H groups in total. The smallest absolute Gasteiger partial charge is 0.306 e. The second-order valence-corrected chi connectivity index (χ2v) is 11.5. The van der Waals surface area contributed by atoms with Gasteiger partial charge in [-0.3, -0.25) is 14.4 Å². The van der Waals surface area contributed by atoms with Crippen LogP contribution >= 0.6 is 11.6 Å². The Morgan fingerprint density at radius 3 is 2.70 bits per heavy atom. The molecule has 3 fully saturated rings. The molecule has 33 heavy (non-hydrogen) atoms. The Bertz CT molecular complexity index is 908. The van der Waals surface area contributed by atoms with Gasteiger partial charge in [-0.2, -0.15) is 0 Å². The van der Waals surface area contributed by atoms with E-state index in [1.54, 1.807) is 12.2 Å². The van der Waals surface area contributed by atoms with Crippen LogP contribution in [0.25, 0.3) is 0 Å². The van der Waals surface area contributed by atoms with E-state index in [0.29, 0.717) is 12.8 Å². The zero-order valence-electron chi connectivity index (χ0n) is 20.2. The number of hydrogen-bond acceptors (Lipinski definition) is 5. The van der Waals surface area contributed by atoms with Crippen molar-refractivity contribution in [3.8, 4) is 0 Å². The van der Waals surface area contributed by atoms with Gasteiger partial charge in [-0.05, 0) is 56.1 Å². The van der Waals surface area contributed by atoms with Crippen LogP contribution in [-0.2, 0) is 19.1 Å². The van der Waals surface area contributed by atoms with Crippen LogP contribution < -0.4 is 0 Å². The topological polar surface area (TPSA) is 80.7 Å². The van der Waals surface area contributed by atoms with Crippen LogP contribution in [0.15, 0.2) is 23.8 Å². The van der Waals surface area contributed by atoms with Crippen molar-refractivity contribution < 1.29 is 24.2 Å². The fraction of sp³-hybridized carbons (Fsp3) is 0.741. The molecule has 4 rings (SSSR count). The lowest BCUT2D eigenvalue weighted by atomic mass is 9.46. The molecule has 8 atom stereocenters. The second-order valence-electron chi connectivity index (χ2n) is 11.2. The molecule has 0 saturated heterocycles. The van der Waals surface area contributed by atoms with E-state index in [4.69, 9.17) is 16.3 Å². The zero-order chi connectivity index (χ0) is 24.2. The molecule has 3 saturated carbocycles. The van der Waals surface area contributed by atoms with Crippen molar-refractivity contribution in [2.75, 3.05) is 5.88 Å². The van der Waals surface area contributed by atoms with Crippen molar-refractivity contribution >= 4 is 29.1 Å². The van der Waals surface area contributed by atoms with Gasteiger partial charge in [0.15, 0.2) is 17.2 Å². The number of alkyl halides is 1. The molecule has 0 spiro atoms. The lowest BCUT2D eigenvalue weighted by Gasteiger charge is -2.60. The number of esters is 1. The minimum absolute atomic E-state index is 0.0104. The van der Waals surface area contributed by atoms with Crippen LogP contribution in [0.3, 0.4) is 0 Å². The summed E-state index contributed by atoms with van der Waals surface area (Å²) < 4.78 is 6.16. The fourth-order valence-corrected chi connectivity index (χ4v) is 8.36. The third-order valence-corrected chi connectivity index (χ3v) is 9.82. The number of carbonyl (C=O) groups excluding carboxylic acids is 3. The zero-order valence-corrected chi connectivity index (χ0v) is 21.0. The monoisotopic (exact) mass is 476 g/mol. The van der Waals surface area contributed by atoms with Crippen molar-refractivity contribution in [2.24, 2.45) is 34.5 Å². The van der Waals surface area contributed by atoms with Crippen LogP contribution in [0.4, 0.5) is 0 Å². The Balaban J connectivity index is 1.75. The SMILES string of the molecule is CCCCC(=O)O[C@]1(C(=O)CCl)C(C)C[C@H]2[C@@H]3CCC4=CC(=O)C=C[C@]4(C)[C@H]3C(O)C[C@@]21C. The summed E-state index contributed by atoms with van der Waals surface area (Å²) in [4.78, 5) is 38.3. The minimum atomic E-state index is -1.31. The second kappa shape index (κ2) is 8.64. The van der Waals surface area contributed by atoms with Crippen LogP contribution in [0.5, 0.6) is 0 Å². The number of ketones is 2. The first-order chi connectivity index (χ1) is 15.5. The van der Waals surface area contributed by atoms with Crippen LogP contribution in [0.1, 0.15) is 72.6 Å². The van der Waals surface area contributed by atoms with Crippen molar-refractivity contribution in [3.05, 3.63) is 23.8 Å². The first kappa shape index (κ1) is 24.7. The number of aliphatic hydroxyl groups is 1. The maximum absolute atomic E-state index is 13.5. The molecule has 0 aromatic carbocycles. The number of unbranched alkanes of at least 4 members (excludes halogenated alkanes) is 1. The largest absolute Gasteiger partial charge is 0.450 e. The summed E-state index contributed by atoms with van der Waals surface area (Å²) >= 11 is 6.12. The molecular formula is C27H37ClO5. The van der Waals surface area contributed by atoms with E-state index in [9.17, 15) is 19.5 Å². The number of rotatable bonds is 6. The van der Waals surface area contributed by atoms with E-state index >= 15 is 0 Å². The molecule has 6 heteroatoms. The van der Waals surface area contributed by atoms with Crippen LogP contribution in [-0.4, -0.2) is 40.2 Å². The van der Waals surface area contributed by atoms with E-state index in [1.807, 2.05) is 26.8 Å². The molecule has 0 aliphatic heterocycles. The Labute approximate surface area is 202 Å². The molecule has 0 radical (unpaired) electrons. The van der Waals surface area contributed by atoms with Crippen molar-refractivity contribution in [1.82, 2.24) is 0 Å². The molecule has 0 bridgehead atoms. The highest BCUT2D eigenvalue weighted by Crippen LogP contribution is 2.69. The molecule has 4 aliphatic carbocycles. The van der Waals surface area contributed by atoms with Gasteiger partial charge in [0.2, 0.25) is 0 Å². The molecule has 2 unspecified atom stereocenters. The Morgan fingerprint density at radius 2 is 2.03 bits per heavy atom. The quantitative estimate of drug-likeness (QED) is 0.440. The number of hydrogen-bond donors (Lipinski definition) is 1. The Kier molecular flexibility index (Phi) is 6.46. The summed E-state index contributed by atoms with van der Waals surface area (Å²) in [5, 5.41) is 11.6. The molecule has 0 heterocycles. The summed E-state index contributed by atoms with van der Waals surface area (Å²) in [5.41, 5.74) is -1.28. The number of halogens is 1. The summed E-state index contributed by atoms with van der Waals surface area (Å²) in [7, 11) is 0. The number of carbonyl (C=O) groups is 3. The summed E-state index contributed by atoms with van der Waals surface area (Å²) in [6.45, 7) is 8.17. The highest BCUT2D eigenvalue weighted by molar-refractivity contribution is 6.29. The Morgan fingerprint density at radius 1 is 1.30 bits per heavy atom. The van der Waals surface area contributed by atoms with E-state index in [0.717, 1.165) is 31.3 Å². The van der Waals surface area contributed by atoms with Gasteiger partial charge < -0.3 is 9.84 Å². The first-order valence-corrected chi connectivity index (χ1v) is 13.0. The fourth-order valence-electron chi connectivity index (χ4n) is 8.16. The maximum Gasteiger partial charge on any atom is 0.306 e. The number of aliphatic hydroxyl groups excluding tert-OH is 1. The molecule has 5 nitrogen and oxygen atoms in total. The van der Waals surface area contributed by atoms with Gasteiger partial charge in [0.05, 0.1) is 12.0 Å². The molecule has 4 aliphatic rings. The molecular weight excluding hydrogens is 440 g/mol. The van der Waals surface area contributed by atoms with Gasteiger partial charge in [-0.25, -0.2) is 0 Å². The van der Waals surface area contributed by atoms with E-state index in [-0.39, 0.29) is 58.9 Å². The molecule has 0 aromatic rings.